The molecule has 0 unspecified atom stereocenters. The quantitative estimate of drug-likeness (QED) is 0.800. The Labute approximate surface area is 128 Å². The van der Waals surface area contributed by atoms with Gasteiger partial charge in [-0.05, 0) is 12.0 Å². The van der Waals surface area contributed by atoms with Crippen molar-refractivity contribution in [1.29, 1.82) is 0 Å². The van der Waals surface area contributed by atoms with Gasteiger partial charge >= 0.3 is 0 Å². The molecule has 0 bridgehead atoms. The number of aliphatic hydroxyl groups is 1. The first-order valence-electron chi connectivity index (χ1n) is 7.22. The molecule has 5 heteroatoms. The number of aryl methyl sites for hydroxylation is 1. The molecule has 0 amide bonds. The Balaban J connectivity index is 2.11. The van der Waals surface area contributed by atoms with Gasteiger partial charge in [0.1, 0.15) is 5.01 Å². The van der Waals surface area contributed by atoms with Gasteiger partial charge in [0.05, 0.1) is 18.0 Å². The zero-order valence-corrected chi connectivity index (χ0v) is 13.3. The molecule has 110 valence electrons. The number of nitrogens with zero attached hydrogens (tertiary/aromatic N) is 3. The first-order valence-corrected chi connectivity index (χ1v) is 8.04. The van der Waals surface area contributed by atoms with Crippen molar-refractivity contribution in [3.8, 4) is 11.3 Å². The van der Waals surface area contributed by atoms with Crippen molar-refractivity contribution in [3.63, 3.8) is 0 Å². The van der Waals surface area contributed by atoms with Gasteiger partial charge in [-0.3, -0.25) is 0 Å². The van der Waals surface area contributed by atoms with E-state index in [4.69, 9.17) is 0 Å². The molecule has 0 radical (unpaired) electrons. The monoisotopic (exact) mass is 301 g/mol. The van der Waals surface area contributed by atoms with E-state index < -0.39 is 0 Å². The van der Waals surface area contributed by atoms with E-state index in [0.29, 0.717) is 5.92 Å². The molecule has 0 aliphatic heterocycles. The van der Waals surface area contributed by atoms with Crippen molar-refractivity contribution in [3.05, 3.63) is 40.5 Å². The Morgan fingerprint density at radius 1 is 1.24 bits per heavy atom. The van der Waals surface area contributed by atoms with Crippen LogP contribution in [-0.4, -0.2) is 19.7 Å². The fourth-order valence-electron chi connectivity index (χ4n) is 2.31. The lowest BCUT2D eigenvalue weighted by molar-refractivity contribution is 0.275. The maximum Gasteiger partial charge on any atom is 0.213 e. The molecule has 0 aliphatic carbocycles. The highest BCUT2D eigenvalue weighted by Gasteiger charge is 2.18. The molecule has 0 atom stereocenters. The van der Waals surface area contributed by atoms with Crippen molar-refractivity contribution in [2.45, 2.75) is 39.7 Å². The topological polar surface area (TPSA) is 50.4 Å². The van der Waals surface area contributed by atoms with Gasteiger partial charge in [-0.1, -0.05) is 56.4 Å². The van der Waals surface area contributed by atoms with E-state index in [2.05, 4.69) is 55.1 Å². The lowest BCUT2D eigenvalue weighted by atomic mass is 10.1. The molecule has 2 aromatic heterocycles. The van der Waals surface area contributed by atoms with Crippen LogP contribution in [0.5, 0.6) is 0 Å². The van der Waals surface area contributed by atoms with E-state index in [0.717, 1.165) is 33.3 Å². The van der Waals surface area contributed by atoms with Gasteiger partial charge in [-0.15, -0.1) is 0 Å². The van der Waals surface area contributed by atoms with Crippen LogP contribution >= 0.6 is 11.3 Å². The Morgan fingerprint density at radius 3 is 2.52 bits per heavy atom. The van der Waals surface area contributed by atoms with Crippen molar-refractivity contribution in [1.82, 2.24) is 14.6 Å². The third kappa shape index (κ3) is 2.47. The summed E-state index contributed by atoms with van der Waals surface area (Å²) in [6.07, 6.45) is 1.02. The average Bonchev–Trinajstić information content (AvgIpc) is 3.04. The fraction of sp³-hybridized carbons (Fsp3) is 0.375. The molecule has 3 rings (SSSR count). The summed E-state index contributed by atoms with van der Waals surface area (Å²) in [6.45, 7) is 6.30. The van der Waals surface area contributed by atoms with E-state index in [1.54, 1.807) is 15.9 Å². The van der Waals surface area contributed by atoms with Crippen molar-refractivity contribution in [2.75, 3.05) is 0 Å². The number of fused-ring (bicyclic) bond motifs is 1. The van der Waals surface area contributed by atoms with Crippen LogP contribution in [0.2, 0.25) is 0 Å². The molecule has 1 aromatic carbocycles. The number of imidazole rings is 1. The lowest BCUT2D eigenvalue weighted by Crippen LogP contribution is -1.97. The van der Waals surface area contributed by atoms with E-state index in [1.165, 1.54) is 5.56 Å². The van der Waals surface area contributed by atoms with Crippen LogP contribution in [0, 0.1) is 0 Å². The van der Waals surface area contributed by atoms with Gasteiger partial charge in [0, 0.05) is 11.5 Å². The minimum atomic E-state index is -0.0622. The molecule has 3 aromatic rings. The number of aromatic nitrogens is 3. The largest absolute Gasteiger partial charge is 0.390 e. The normalized spacial score (nSPS) is 11.7. The highest BCUT2D eigenvalue weighted by atomic mass is 32.1. The number of rotatable bonds is 4. The van der Waals surface area contributed by atoms with Crippen molar-refractivity contribution < 1.29 is 5.11 Å². The Morgan fingerprint density at radius 2 is 1.95 bits per heavy atom. The van der Waals surface area contributed by atoms with Crippen LogP contribution in [0.15, 0.2) is 24.3 Å². The minimum Gasteiger partial charge on any atom is -0.390 e. The summed E-state index contributed by atoms with van der Waals surface area (Å²) in [5.41, 5.74) is 3.91. The second kappa shape index (κ2) is 5.58. The number of hydrogen-bond acceptors (Lipinski definition) is 4. The summed E-state index contributed by atoms with van der Waals surface area (Å²) >= 11 is 1.59. The number of hydrogen-bond donors (Lipinski definition) is 1. The predicted octanol–water partition coefficient (Wildman–Crippen LogP) is 3.64. The number of benzene rings is 1. The first kappa shape index (κ1) is 14.2. The molecule has 0 saturated carbocycles. The molecule has 1 N–H and O–H groups in total. The highest BCUT2D eigenvalue weighted by molar-refractivity contribution is 7.16. The predicted molar refractivity (Wildman–Crippen MR) is 85.7 cm³/mol. The maximum atomic E-state index is 9.72. The van der Waals surface area contributed by atoms with E-state index in [1.807, 2.05) is 0 Å². The second-order valence-corrected chi connectivity index (χ2v) is 6.39. The Bertz CT molecular complexity index is 756. The highest BCUT2D eigenvalue weighted by Crippen LogP contribution is 2.29. The van der Waals surface area contributed by atoms with Crippen LogP contribution in [0.25, 0.3) is 16.2 Å². The average molecular weight is 301 g/mol. The van der Waals surface area contributed by atoms with Gasteiger partial charge in [0.25, 0.3) is 0 Å². The van der Waals surface area contributed by atoms with Crippen LogP contribution < -0.4 is 0 Å². The standard InChI is InChI=1S/C16H19N3OS/c1-4-11-5-7-12(8-6-11)14-13(9-20)19-16(17-14)21-15(18-19)10(2)3/h5-8,10,20H,4,9H2,1-3H3. The van der Waals surface area contributed by atoms with Gasteiger partial charge in [-0.2, -0.15) is 5.10 Å². The zero-order valence-electron chi connectivity index (χ0n) is 12.5. The first-order chi connectivity index (χ1) is 10.1. The van der Waals surface area contributed by atoms with E-state index in [-0.39, 0.29) is 6.61 Å². The third-order valence-electron chi connectivity index (χ3n) is 3.59. The Hall–Kier alpha value is -1.72. The third-order valence-corrected chi connectivity index (χ3v) is 4.80. The van der Waals surface area contributed by atoms with Crippen molar-refractivity contribution >= 4 is 16.3 Å². The summed E-state index contributed by atoms with van der Waals surface area (Å²) < 4.78 is 1.78. The summed E-state index contributed by atoms with van der Waals surface area (Å²) in [4.78, 5) is 5.52. The molecule has 2 heterocycles. The molecular weight excluding hydrogens is 282 g/mol. The SMILES string of the molecule is CCc1ccc(-c2nc3sc(C(C)C)nn3c2CO)cc1. The second-order valence-electron chi connectivity index (χ2n) is 5.41. The molecule has 4 nitrogen and oxygen atoms in total. The van der Waals surface area contributed by atoms with Crippen LogP contribution in [0.3, 0.4) is 0 Å². The van der Waals surface area contributed by atoms with Gasteiger partial charge < -0.3 is 5.11 Å². The molecule has 21 heavy (non-hydrogen) atoms. The van der Waals surface area contributed by atoms with Crippen LogP contribution in [0.1, 0.15) is 43.0 Å². The maximum absolute atomic E-state index is 9.72. The molecule has 0 fully saturated rings. The van der Waals surface area contributed by atoms with E-state index in [9.17, 15) is 5.11 Å². The van der Waals surface area contributed by atoms with Crippen molar-refractivity contribution in [2.24, 2.45) is 0 Å². The minimum absolute atomic E-state index is 0.0622. The van der Waals surface area contributed by atoms with Gasteiger partial charge in [0.15, 0.2) is 0 Å². The summed E-state index contributed by atoms with van der Waals surface area (Å²) in [5, 5.41) is 15.3. The van der Waals surface area contributed by atoms with Gasteiger partial charge in [-0.25, -0.2) is 9.50 Å². The van der Waals surface area contributed by atoms with E-state index >= 15 is 0 Å². The summed E-state index contributed by atoms with van der Waals surface area (Å²) in [6, 6.07) is 8.34. The molecule has 0 aliphatic rings. The molecular formula is C16H19N3OS. The summed E-state index contributed by atoms with van der Waals surface area (Å²) in [7, 11) is 0. The summed E-state index contributed by atoms with van der Waals surface area (Å²) in [5.74, 6) is 0.371. The molecule has 0 saturated heterocycles. The smallest absolute Gasteiger partial charge is 0.213 e. The fourth-order valence-corrected chi connectivity index (χ4v) is 3.23. The Kier molecular flexibility index (Phi) is 3.78. The van der Waals surface area contributed by atoms with Crippen LogP contribution in [-0.2, 0) is 13.0 Å². The lowest BCUT2D eigenvalue weighted by Gasteiger charge is -2.03. The van der Waals surface area contributed by atoms with Gasteiger partial charge in [0.2, 0.25) is 4.96 Å². The number of aliphatic hydroxyl groups excluding tert-OH is 1. The molecule has 0 spiro atoms. The van der Waals surface area contributed by atoms with Crippen LogP contribution in [0.4, 0.5) is 0 Å². The zero-order chi connectivity index (χ0) is 15.0.